The molecule has 3 rings (SSSR count). The summed E-state index contributed by atoms with van der Waals surface area (Å²) in [5.41, 5.74) is 3.22. The van der Waals surface area contributed by atoms with E-state index in [0.29, 0.717) is 6.54 Å². The second-order valence-corrected chi connectivity index (χ2v) is 11.8. The summed E-state index contributed by atoms with van der Waals surface area (Å²) in [5.74, 6) is 0. The van der Waals surface area contributed by atoms with Gasteiger partial charge in [-0.05, 0) is 22.9 Å². The smallest absolute Gasteiger partial charge is 0.112 e. The van der Waals surface area contributed by atoms with Gasteiger partial charge >= 0.3 is 0 Å². The molecular weight excluding hydrogens is 298 g/mol. The minimum atomic E-state index is -1.51. The molecule has 0 saturated carbocycles. The molecule has 0 spiro atoms. The topological polar surface area (TPSA) is 30.7 Å². The zero-order valence-electron chi connectivity index (χ0n) is 12.5. The van der Waals surface area contributed by atoms with Crippen molar-refractivity contribution in [3.05, 3.63) is 53.1 Å². The molecule has 0 amide bonds. The molecule has 3 nitrogen and oxygen atoms in total. The maximum Gasteiger partial charge on any atom is 0.112 e. The summed E-state index contributed by atoms with van der Waals surface area (Å²) in [7, 11) is -1.51. The van der Waals surface area contributed by atoms with E-state index in [1.165, 1.54) is 10.8 Å². The fourth-order valence-electron chi connectivity index (χ4n) is 2.48. The van der Waals surface area contributed by atoms with Crippen LogP contribution in [0.5, 0.6) is 0 Å². The largest absolute Gasteiger partial charge is 0.240 e. The fourth-order valence-corrected chi connectivity index (χ4v) is 4.26. The Kier molecular flexibility index (Phi) is 3.59. The number of fused-ring (bicyclic) bond motifs is 1. The monoisotopic (exact) mass is 315 g/mol. The molecule has 1 heterocycles. The Morgan fingerprint density at radius 2 is 1.81 bits per heavy atom. The average Bonchev–Trinajstić information content (AvgIpc) is 2.81. The van der Waals surface area contributed by atoms with E-state index >= 15 is 0 Å². The molecule has 0 atom stereocenters. The van der Waals surface area contributed by atoms with E-state index in [2.05, 4.69) is 48.2 Å². The molecule has 5 heteroatoms. The van der Waals surface area contributed by atoms with Gasteiger partial charge in [-0.25, -0.2) is 4.68 Å². The van der Waals surface area contributed by atoms with Crippen molar-refractivity contribution in [1.82, 2.24) is 15.0 Å². The van der Waals surface area contributed by atoms with Crippen LogP contribution in [0.1, 0.15) is 5.56 Å². The van der Waals surface area contributed by atoms with E-state index in [9.17, 15) is 0 Å². The Hall–Kier alpha value is -1.65. The van der Waals surface area contributed by atoms with Crippen LogP contribution >= 0.6 is 11.6 Å². The van der Waals surface area contributed by atoms with Gasteiger partial charge in [0.1, 0.15) is 5.52 Å². The fraction of sp³-hybridized carbons (Fsp3) is 0.250. The Morgan fingerprint density at radius 3 is 2.48 bits per heavy atom. The second-order valence-electron chi connectivity index (χ2n) is 6.30. The molecule has 0 unspecified atom stereocenters. The van der Waals surface area contributed by atoms with Gasteiger partial charge in [0.2, 0.25) is 0 Å². The highest BCUT2D eigenvalue weighted by Gasteiger charge is 2.23. The molecule has 2 aromatic carbocycles. The van der Waals surface area contributed by atoms with Gasteiger partial charge in [0.15, 0.2) is 0 Å². The molecule has 0 radical (unpaired) electrons. The normalized spacial score (nSPS) is 12.0. The molecule has 3 aromatic rings. The maximum atomic E-state index is 6.32. The van der Waals surface area contributed by atoms with Gasteiger partial charge < -0.3 is 0 Å². The highest BCUT2D eigenvalue weighted by molar-refractivity contribution is 6.90. The molecule has 0 fully saturated rings. The van der Waals surface area contributed by atoms with E-state index in [1.807, 2.05) is 28.9 Å². The molecule has 0 saturated heterocycles. The van der Waals surface area contributed by atoms with E-state index in [-0.39, 0.29) is 0 Å². The summed E-state index contributed by atoms with van der Waals surface area (Å²) < 4.78 is 1.93. The van der Waals surface area contributed by atoms with Gasteiger partial charge in [0, 0.05) is 5.02 Å². The zero-order valence-corrected chi connectivity index (χ0v) is 14.2. The summed E-state index contributed by atoms with van der Waals surface area (Å²) >= 11 is 6.32. The van der Waals surface area contributed by atoms with Crippen LogP contribution in [0.4, 0.5) is 0 Å². The van der Waals surface area contributed by atoms with E-state index in [0.717, 1.165) is 16.1 Å². The SMILES string of the molecule is C[Si](C)(C)c1cc(Cl)cc2c1nnn2Cc1ccccc1. The van der Waals surface area contributed by atoms with Crippen molar-refractivity contribution in [3.8, 4) is 0 Å². The first-order valence-electron chi connectivity index (χ1n) is 7.02. The lowest BCUT2D eigenvalue weighted by Crippen LogP contribution is -2.38. The molecule has 21 heavy (non-hydrogen) atoms. The Balaban J connectivity index is 2.12. The van der Waals surface area contributed by atoms with Crippen molar-refractivity contribution in [2.75, 3.05) is 0 Å². The molecule has 0 aliphatic carbocycles. The number of rotatable bonds is 3. The molecule has 1 aromatic heterocycles. The Morgan fingerprint density at radius 1 is 1.10 bits per heavy atom. The predicted octanol–water partition coefficient (Wildman–Crippen LogP) is 3.68. The second kappa shape index (κ2) is 5.28. The minimum Gasteiger partial charge on any atom is -0.240 e. The number of hydrogen-bond donors (Lipinski definition) is 0. The van der Waals surface area contributed by atoms with Gasteiger partial charge in [-0.2, -0.15) is 0 Å². The van der Waals surface area contributed by atoms with E-state index < -0.39 is 8.07 Å². The summed E-state index contributed by atoms with van der Waals surface area (Å²) in [4.78, 5) is 0. The summed E-state index contributed by atoms with van der Waals surface area (Å²) in [6.45, 7) is 7.61. The highest BCUT2D eigenvalue weighted by Crippen LogP contribution is 2.20. The van der Waals surface area contributed by atoms with Crippen molar-refractivity contribution < 1.29 is 0 Å². The third kappa shape index (κ3) is 2.87. The molecule has 108 valence electrons. The lowest BCUT2D eigenvalue weighted by atomic mass is 10.2. The van der Waals surface area contributed by atoms with Crippen LogP contribution in [0.3, 0.4) is 0 Å². The molecule has 0 aliphatic rings. The van der Waals surface area contributed by atoms with E-state index in [4.69, 9.17) is 11.6 Å². The third-order valence-electron chi connectivity index (χ3n) is 3.57. The lowest BCUT2D eigenvalue weighted by Gasteiger charge is -2.17. The van der Waals surface area contributed by atoms with Crippen LogP contribution in [-0.2, 0) is 6.54 Å². The van der Waals surface area contributed by atoms with Gasteiger partial charge in [0.05, 0.1) is 20.1 Å². The first-order valence-corrected chi connectivity index (χ1v) is 10.9. The van der Waals surface area contributed by atoms with Crippen molar-refractivity contribution in [2.24, 2.45) is 0 Å². The van der Waals surface area contributed by atoms with E-state index in [1.54, 1.807) is 0 Å². The number of aromatic nitrogens is 3. The van der Waals surface area contributed by atoms with Gasteiger partial charge in [-0.1, -0.05) is 66.8 Å². The van der Waals surface area contributed by atoms with Crippen molar-refractivity contribution in [2.45, 2.75) is 26.2 Å². The van der Waals surface area contributed by atoms with Gasteiger partial charge in [-0.15, -0.1) is 5.10 Å². The predicted molar refractivity (Wildman–Crippen MR) is 91.1 cm³/mol. The van der Waals surface area contributed by atoms with Crippen LogP contribution in [0.15, 0.2) is 42.5 Å². The van der Waals surface area contributed by atoms with Crippen LogP contribution in [-0.4, -0.2) is 23.1 Å². The van der Waals surface area contributed by atoms with Crippen molar-refractivity contribution in [1.29, 1.82) is 0 Å². The molecule has 0 bridgehead atoms. The molecular formula is C16H18ClN3Si. The number of benzene rings is 2. The van der Waals surface area contributed by atoms with Gasteiger partial charge in [0.25, 0.3) is 0 Å². The first-order chi connectivity index (χ1) is 9.95. The maximum absolute atomic E-state index is 6.32. The standard InChI is InChI=1S/C16H18ClN3Si/c1-21(2,3)15-10-13(17)9-14-16(15)18-19-20(14)11-12-7-5-4-6-8-12/h4-10H,11H2,1-3H3. The zero-order chi connectivity index (χ0) is 15.0. The lowest BCUT2D eigenvalue weighted by molar-refractivity contribution is 0.670. The Labute approximate surface area is 130 Å². The first kappa shape index (κ1) is 14.3. The summed E-state index contributed by atoms with van der Waals surface area (Å²) in [5, 5.41) is 10.8. The number of hydrogen-bond acceptors (Lipinski definition) is 2. The van der Waals surface area contributed by atoms with Crippen LogP contribution in [0.25, 0.3) is 11.0 Å². The molecule has 0 aliphatic heterocycles. The average molecular weight is 316 g/mol. The van der Waals surface area contributed by atoms with Crippen LogP contribution < -0.4 is 5.19 Å². The highest BCUT2D eigenvalue weighted by atomic mass is 35.5. The van der Waals surface area contributed by atoms with Crippen LogP contribution in [0.2, 0.25) is 24.7 Å². The number of nitrogens with zero attached hydrogens (tertiary/aromatic N) is 3. The number of halogens is 1. The van der Waals surface area contributed by atoms with Crippen molar-refractivity contribution in [3.63, 3.8) is 0 Å². The quantitative estimate of drug-likeness (QED) is 0.690. The van der Waals surface area contributed by atoms with Crippen molar-refractivity contribution >= 4 is 35.9 Å². The Bertz CT molecular complexity index is 775. The third-order valence-corrected chi connectivity index (χ3v) is 5.78. The molecule has 0 N–H and O–H groups in total. The summed E-state index contributed by atoms with van der Waals surface area (Å²) in [6.07, 6.45) is 0. The minimum absolute atomic E-state index is 0.711. The summed E-state index contributed by atoms with van der Waals surface area (Å²) in [6, 6.07) is 14.3. The van der Waals surface area contributed by atoms with Crippen LogP contribution in [0, 0.1) is 0 Å². The van der Waals surface area contributed by atoms with Gasteiger partial charge in [-0.3, -0.25) is 0 Å².